The molecule has 3 heteroatoms. The van der Waals surface area contributed by atoms with Crippen molar-refractivity contribution in [2.75, 3.05) is 13.7 Å². The van der Waals surface area contributed by atoms with Gasteiger partial charge in [-0.2, -0.15) is 5.26 Å². The molecule has 3 nitrogen and oxygen atoms in total. The van der Waals surface area contributed by atoms with Gasteiger partial charge in [0.25, 0.3) is 0 Å². The van der Waals surface area contributed by atoms with Crippen molar-refractivity contribution in [3.05, 3.63) is 35.9 Å². The molecule has 2 unspecified atom stereocenters. The van der Waals surface area contributed by atoms with E-state index in [0.29, 0.717) is 0 Å². The first-order valence-corrected chi connectivity index (χ1v) is 4.41. The first kappa shape index (κ1) is 10.7. The van der Waals surface area contributed by atoms with E-state index in [2.05, 4.69) is 6.07 Å². The number of benzene rings is 1. The Hall–Kier alpha value is -1.37. The highest BCUT2D eigenvalue weighted by molar-refractivity contribution is 5.26. The van der Waals surface area contributed by atoms with Crippen molar-refractivity contribution in [2.24, 2.45) is 0 Å². The lowest BCUT2D eigenvalue weighted by Gasteiger charge is -2.15. The molecular formula is C11H13NO2. The lowest BCUT2D eigenvalue weighted by Crippen LogP contribution is -2.22. The Morgan fingerprint density at radius 1 is 1.43 bits per heavy atom. The Morgan fingerprint density at radius 3 is 2.57 bits per heavy atom. The molecule has 0 saturated carbocycles. The molecule has 1 aromatic rings. The van der Waals surface area contributed by atoms with Crippen LogP contribution in [0.3, 0.4) is 0 Å². The zero-order chi connectivity index (χ0) is 10.4. The quantitative estimate of drug-likeness (QED) is 0.780. The summed E-state index contributed by atoms with van der Waals surface area (Å²) in [5, 5.41) is 18.5. The van der Waals surface area contributed by atoms with Crippen molar-refractivity contribution in [3.63, 3.8) is 0 Å². The maximum atomic E-state index is 9.61. The predicted octanol–water partition coefficient (Wildman–Crippen LogP) is 1.30. The molecule has 0 aliphatic heterocycles. The minimum atomic E-state index is -0.771. The number of hydrogen-bond donors (Lipinski definition) is 1. The van der Waals surface area contributed by atoms with Gasteiger partial charge in [-0.15, -0.1) is 0 Å². The van der Waals surface area contributed by atoms with Crippen LogP contribution in [0.5, 0.6) is 0 Å². The fourth-order valence-electron chi connectivity index (χ4n) is 1.31. The van der Waals surface area contributed by atoms with Gasteiger partial charge >= 0.3 is 0 Å². The summed E-state index contributed by atoms with van der Waals surface area (Å²) in [5.74, 6) is -0.517. The first-order chi connectivity index (χ1) is 6.79. The average Bonchev–Trinajstić information content (AvgIpc) is 2.21. The molecule has 0 fully saturated rings. The zero-order valence-electron chi connectivity index (χ0n) is 8.05. The lowest BCUT2D eigenvalue weighted by atomic mass is 9.95. The standard InChI is InChI=1S/C11H13NO2/c1-14-8-11(13)10(7-12)9-5-3-2-4-6-9/h2-6,10-11,13H,8H2,1H3. The third kappa shape index (κ3) is 2.56. The Kier molecular flexibility index (Phi) is 4.11. The van der Waals surface area contributed by atoms with E-state index in [4.69, 9.17) is 10.00 Å². The number of rotatable bonds is 4. The smallest absolute Gasteiger partial charge is 0.0994 e. The zero-order valence-corrected chi connectivity index (χ0v) is 8.05. The van der Waals surface area contributed by atoms with Crippen molar-refractivity contribution < 1.29 is 9.84 Å². The van der Waals surface area contributed by atoms with Crippen LogP contribution in [0.15, 0.2) is 30.3 Å². The molecular weight excluding hydrogens is 178 g/mol. The number of aliphatic hydroxyl groups excluding tert-OH is 1. The van der Waals surface area contributed by atoms with Gasteiger partial charge in [-0.25, -0.2) is 0 Å². The van der Waals surface area contributed by atoms with Gasteiger partial charge in [-0.3, -0.25) is 0 Å². The minimum Gasteiger partial charge on any atom is -0.389 e. The summed E-state index contributed by atoms with van der Waals surface area (Å²) in [4.78, 5) is 0. The summed E-state index contributed by atoms with van der Waals surface area (Å²) >= 11 is 0. The van der Waals surface area contributed by atoms with E-state index in [1.165, 1.54) is 7.11 Å². The van der Waals surface area contributed by atoms with Gasteiger partial charge in [0.05, 0.1) is 24.7 Å². The van der Waals surface area contributed by atoms with Gasteiger partial charge in [0, 0.05) is 7.11 Å². The molecule has 2 atom stereocenters. The average molecular weight is 191 g/mol. The van der Waals surface area contributed by atoms with E-state index in [-0.39, 0.29) is 6.61 Å². The van der Waals surface area contributed by atoms with E-state index in [0.717, 1.165) is 5.56 Å². The molecule has 14 heavy (non-hydrogen) atoms. The van der Waals surface area contributed by atoms with Gasteiger partial charge < -0.3 is 9.84 Å². The second-order valence-electron chi connectivity index (χ2n) is 3.04. The van der Waals surface area contributed by atoms with Crippen LogP contribution < -0.4 is 0 Å². The Labute approximate surface area is 83.6 Å². The summed E-state index contributed by atoms with van der Waals surface area (Å²) in [5.41, 5.74) is 0.819. The first-order valence-electron chi connectivity index (χ1n) is 4.41. The van der Waals surface area contributed by atoms with Gasteiger partial charge in [-0.05, 0) is 5.56 Å². The van der Waals surface area contributed by atoms with Crippen molar-refractivity contribution in [3.8, 4) is 6.07 Å². The minimum absolute atomic E-state index is 0.174. The molecule has 0 amide bonds. The second-order valence-corrected chi connectivity index (χ2v) is 3.04. The molecule has 0 aliphatic rings. The number of hydrogen-bond acceptors (Lipinski definition) is 3. The lowest BCUT2D eigenvalue weighted by molar-refractivity contribution is 0.0571. The van der Waals surface area contributed by atoms with Gasteiger partial charge in [0.1, 0.15) is 0 Å². The monoisotopic (exact) mass is 191 g/mol. The number of aliphatic hydroxyl groups is 1. The van der Waals surface area contributed by atoms with Crippen LogP contribution in [0.1, 0.15) is 11.5 Å². The van der Waals surface area contributed by atoms with Crippen LogP contribution in [-0.2, 0) is 4.74 Å². The van der Waals surface area contributed by atoms with Crippen LogP contribution in [0.2, 0.25) is 0 Å². The van der Waals surface area contributed by atoms with Gasteiger partial charge in [0.15, 0.2) is 0 Å². The summed E-state index contributed by atoms with van der Waals surface area (Å²) in [6.07, 6.45) is -0.771. The molecule has 1 N–H and O–H groups in total. The highest BCUT2D eigenvalue weighted by Crippen LogP contribution is 2.18. The normalized spacial score (nSPS) is 14.4. The van der Waals surface area contributed by atoms with Crippen LogP contribution in [0, 0.1) is 11.3 Å². The van der Waals surface area contributed by atoms with Crippen molar-refractivity contribution in [1.29, 1.82) is 5.26 Å². The number of nitrogens with zero attached hydrogens (tertiary/aromatic N) is 1. The molecule has 0 aliphatic carbocycles. The van der Waals surface area contributed by atoms with Crippen LogP contribution in [0.25, 0.3) is 0 Å². The molecule has 0 bridgehead atoms. The molecule has 0 radical (unpaired) electrons. The highest BCUT2D eigenvalue weighted by Gasteiger charge is 2.19. The van der Waals surface area contributed by atoms with E-state index in [9.17, 15) is 5.11 Å². The van der Waals surface area contributed by atoms with Crippen LogP contribution in [0.4, 0.5) is 0 Å². The largest absolute Gasteiger partial charge is 0.389 e. The fourth-order valence-corrected chi connectivity index (χ4v) is 1.31. The molecule has 0 aromatic heterocycles. The van der Waals surface area contributed by atoms with E-state index < -0.39 is 12.0 Å². The topological polar surface area (TPSA) is 53.2 Å². The summed E-state index contributed by atoms with van der Waals surface area (Å²) in [6, 6.07) is 11.3. The SMILES string of the molecule is COCC(O)C(C#N)c1ccccc1. The van der Waals surface area contributed by atoms with Crippen molar-refractivity contribution in [2.45, 2.75) is 12.0 Å². The fraction of sp³-hybridized carbons (Fsp3) is 0.364. The van der Waals surface area contributed by atoms with Crippen LogP contribution >= 0.6 is 0 Å². The van der Waals surface area contributed by atoms with Gasteiger partial charge in [-0.1, -0.05) is 30.3 Å². The maximum Gasteiger partial charge on any atom is 0.0994 e. The van der Waals surface area contributed by atoms with E-state index in [1.807, 2.05) is 30.3 Å². The maximum absolute atomic E-state index is 9.61. The summed E-state index contributed by atoms with van der Waals surface area (Å²) in [7, 11) is 1.50. The third-order valence-electron chi connectivity index (χ3n) is 2.02. The summed E-state index contributed by atoms with van der Waals surface area (Å²) < 4.78 is 4.81. The Morgan fingerprint density at radius 2 is 2.07 bits per heavy atom. The number of methoxy groups -OCH3 is 1. The van der Waals surface area contributed by atoms with E-state index >= 15 is 0 Å². The highest BCUT2D eigenvalue weighted by atomic mass is 16.5. The summed E-state index contributed by atoms with van der Waals surface area (Å²) in [6.45, 7) is 0.174. The number of nitriles is 1. The predicted molar refractivity (Wildman–Crippen MR) is 52.7 cm³/mol. The van der Waals surface area contributed by atoms with E-state index in [1.54, 1.807) is 0 Å². The molecule has 0 heterocycles. The molecule has 74 valence electrons. The van der Waals surface area contributed by atoms with Crippen molar-refractivity contribution in [1.82, 2.24) is 0 Å². The molecule has 1 aromatic carbocycles. The number of ether oxygens (including phenoxy) is 1. The Bertz CT molecular complexity index is 305. The molecule has 0 spiro atoms. The molecule has 1 rings (SSSR count). The van der Waals surface area contributed by atoms with Crippen molar-refractivity contribution >= 4 is 0 Å². The van der Waals surface area contributed by atoms with Gasteiger partial charge in [0.2, 0.25) is 0 Å². The van der Waals surface area contributed by atoms with Crippen LogP contribution in [-0.4, -0.2) is 24.9 Å². The Balaban J connectivity index is 2.78. The third-order valence-corrected chi connectivity index (χ3v) is 2.02. The second kappa shape index (κ2) is 5.38. The molecule has 0 saturated heterocycles.